The number of ether oxygens (including phenoxy) is 2. The maximum atomic E-state index is 12.8. The highest BCUT2D eigenvalue weighted by atomic mass is 16.5. The van der Waals surface area contributed by atoms with Crippen LogP contribution in [-0.2, 0) is 23.9 Å². The third-order valence-corrected chi connectivity index (χ3v) is 8.68. The van der Waals surface area contributed by atoms with Crippen LogP contribution in [0.5, 0.6) is 0 Å². The van der Waals surface area contributed by atoms with E-state index in [0.29, 0.717) is 17.8 Å². The van der Waals surface area contributed by atoms with E-state index in [1.54, 1.807) is 0 Å². The molecule has 0 N–H and O–H groups in total. The summed E-state index contributed by atoms with van der Waals surface area (Å²) in [6, 6.07) is 0. The van der Waals surface area contributed by atoms with Crippen LogP contribution in [0.25, 0.3) is 0 Å². The minimum atomic E-state index is -0.408. The van der Waals surface area contributed by atoms with Crippen molar-refractivity contribution in [1.82, 2.24) is 0 Å². The van der Waals surface area contributed by atoms with Gasteiger partial charge in [0.1, 0.15) is 6.10 Å². The quantitative estimate of drug-likeness (QED) is 0.499. The second kappa shape index (κ2) is 7.65. The first-order chi connectivity index (χ1) is 14.1. The lowest BCUT2D eigenvalue weighted by molar-refractivity contribution is -0.148. The molecule has 4 aliphatic carbocycles. The van der Waals surface area contributed by atoms with Crippen molar-refractivity contribution < 1.29 is 23.9 Å². The van der Waals surface area contributed by atoms with Gasteiger partial charge in [0, 0.05) is 25.8 Å². The van der Waals surface area contributed by atoms with Gasteiger partial charge >= 0.3 is 11.9 Å². The highest BCUT2D eigenvalue weighted by Crippen LogP contribution is 2.65. The van der Waals surface area contributed by atoms with E-state index in [9.17, 15) is 14.4 Å². The summed E-state index contributed by atoms with van der Waals surface area (Å²) in [5.41, 5.74) is 2.41. The molecule has 0 aromatic rings. The Hall–Kier alpha value is -1.91. The molecule has 5 nitrogen and oxygen atoms in total. The Morgan fingerprint density at radius 2 is 1.70 bits per heavy atom. The van der Waals surface area contributed by atoms with E-state index in [1.807, 2.05) is 0 Å². The van der Waals surface area contributed by atoms with Crippen molar-refractivity contribution in [3.05, 3.63) is 23.3 Å². The third kappa shape index (κ3) is 3.44. The summed E-state index contributed by atoms with van der Waals surface area (Å²) in [5.74, 6) is 1.02. The van der Waals surface area contributed by atoms with E-state index in [2.05, 4.69) is 26.0 Å². The van der Waals surface area contributed by atoms with Gasteiger partial charge in [-0.05, 0) is 67.1 Å². The van der Waals surface area contributed by atoms with E-state index in [1.165, 1.54) is 19.4 Å². The fourth-order valence-electron chi connectivity index (χ4n) is 7.21. The molecule has 0 aromatic heterocycles. The van der Waals surface area contributed by atoms with Gasteiger partial charge in [0.25, 0.3) is 0 Å². The zero-order chi connectivity index (χ0) is 21.7. The van der Waals surface area contributed by atoms with Gasteiger partial charge in [0.2, 0.25) is 0 Å². The summed E-state index contributed by atoms with van der Waals surface area (Å²) in [5, 5.41) is 0. The number of fused-ring (bicyclic) bond motifs is 5. The Morgan fingerprint density at radius 1 is 0.967 bits per heavy atom. The van der Waals surface area contributed by atoms with Gasteiger partial charge in [-0.15, -0.1) is 0 Å². The zero-order valence-electron chi connectivity index (χ0n) is 18.7. The first kappa shape index (κ1) is 21.3. The zero-order valence-corrected chi connectivity index (χ0v) is 18.7. The van der Waals surface area contributed by atoms with Crippen LogP contribution in [-0.4, -0.2) is 30.4 Å². The first-order valence-corrected chi connectivity index (χ1v) is 11.4. The van der Waals surface area contributed by atoms with E-state index in [-0.39, 0.29) is 35.3 Å². The minimum Gasteiger partial charge on any atom is -0.462 e. The summed E-state index contributed by atoms with van der Waals surface area (Å²) in [7, 11) is 0. The van der Waals surface area contributed by atoms with Gasteiger partial charge in [0.05, 0.1) is 0 Å². The summed E-state index contributed by atoms with van der Waals surface area (Å²) >= 11 is 0. The second-order valence-corrected chi connectivity index (χ2v) is 10.2. The Bertz CT molecular complexity index is 823. The highest BCUT2D eigenvalue weighted by molar-refractivity contribution is 5.99. The predicted molar refractivity (Wildman–Crippen MR) is 112 cm³/mol. The minimum absolute atomic E-state index is 0.0193. The molecule has 0 heterocycles. The van der Waals surface area contributed by atoms with Crippen LogP contribution in [0.15, 0.2) is 23.3 Å². The number of hydrogen-bond donors (Lipinski definition) is 0. The molecule has 30 heavy (non-hydrogen) atoms. The second-order valence-electron chi connectivity index (χ2n) is 10.2. The number of esters is 2. The van der Waals surface area contributed by atoms with Gasteiger partial charge in [-0.1, -0.05) is 31.6 Å². The fourth-order valence-corrected chi connectivity index (χ4v) is 7.21. The van der Waals surface area contributed by atoms with Crippen molar-refractivity contribution in [2.45, 2.75) is 78.7 Å². The topological polar surface area (TPSA) is 69.7 Å². The van der Waals surface area contributed by atoms with E-state index in [0.717, 1.165) is 50.5 Å². The number of hydrogen-bond acceptors (Lipinski definition) is 5. The van der Waals surface area contributed by atoms with Crippen molar-refractivity contribution in [3.63, 3.8) is 0 Å². The predicted octanol–water partition coefficient (Wildman–Crippen LogP) is 4.55. The van der Waals surface area contributed by atoms with Crippen LogP contribution in [0, 0.1) is 28.6 Å². The van der Waals surface area contributed by atoms with Crippen LogP contribution < -0.4 is 0 Å². The molecule has 0 spiro atoms. The van der Waals surface area contributed by atoms with E-state index >= 15 is 0 Å². The molecule has 4 rings (SSSR count). The number of allylic oxidation sites excluding steroid dienone is 2. The van der Waals surface area contributed by atoms with Gasteiger partial charge in [0.15, 0.2) is 12.4 Å². The number of Topliss-reactive ketones (excluding diaryl/α,β-unsaturated/α-hetero) is 1. The maximum absolute atomic E-state index is 12.8. The summed E-state index contributed by atoms with van der Waals surface area (Å²) in [6.07, 6.45) is 11.5. The molecule has 0 saturated heterocycles. The SMILES string of the molecule is CC(=O)OCC(=O)C1=CC[C@@H]2[C@@H]3CC=C4C[C@H](OC(C)=O)CC[C@]4(C)[C@@H]3CC[C@]12C. The molecule has 164 valence electrons. The smallest absolute Gasteiger partial charge is 0.303 e. The summed E-state index contributed by atoms with van der Waals surface area (Å²) < 4.78 is 10.5. The Balaban J connectivity index is 1.52. The largest absolute Gasteiger partial charge is 0.462 e. The molecular formula is C25H34O5. The number of carbonyl (C=O) groups excluding carboxylic acids is 3. The average Bonchev–Trinajstić information content (AvgIpc) is 3.03. The van der Waals surface area contributed by atoms with Gasteiger partial charge in [-0.3, -0.25) is 14.4 Å². The van der Waals surface area contributed by atoms with Gasteiger partial charge in [-0.25, -0.2) is 0 Å². The van der Waals surface area contributed by atoms with Crippen LogP contribution in [0.4, 0.5) is 0 Å². The molecule has 0 amide bonds. The molecule has 6 atom stereocenters. The summed E-state index contributed by atoms with van der Waals surface area (Å²) in [4.78, 5) is 35.3. The molecule has 4 aliphatic rings. The Morgan fingerprint density at radius 3 is 2.40 bits per heavy atom. The fraction of sp³-hybridized carbons (Fsp3) is 0.720. The maximum Gasteiger partial charge on any atom is 0.303 e. The molecule has 0 radical (unpaired) electrons. The van der Waals surface area contributed by atoms with Crippen LogP contribution >= 0.6 is 0 Å². The normalized spacial score (nSPS) is 39.6. The lowest BCUT2D eigenvalue weighted by Gasteiger charge is -2.57. The van der Waals surface area contributed by atoms with Gasteiger partial charge in [-0.2, -0.15) is 0 Å². The van der Waals surface area contributed by atoms with Gasteiger partial charge < -0.3 is 9.47 Å². The first-order valence-electron chi connectivity index (χ1n) is 11.4. The monoisotopic (exact) mass is 414 g/mol. The van der Waals surface area contributed by atoms with Crippen LogP contribution in [0.3, 0.4) is 0 Å². The number of ketones is 1. The number of carbonyl (C=O) groups is 3. The van der Waals surface area contributed by atoms with Crippen molar-refractivity contribution in [1.29, 1.82) is 0 Å². The Kier molecular flexibility index (Phi) is 5.44. The Labute approximate surface area is 179 Å². The van der Waals surface area contributed by atoms with Crippen molar-refractivity contribution in [2.75, 3.05) is 6.61 Å². The summed E-state index contributed by atoms with van der Waals surface area (Å²) in [6.45, 7) is 7.36. The van der Waals surface area contributed by atoms with Crippen molar-refractivity contribution >= 4 is 17.7 Å². The molecule has 5 heteroatoms. The van der Waals surface area contributed by atoms with E-state index in [4.69, 9.17) is 9.47 Å². The lowest BCUT2D eigenvalue weighted by atomic mass is 9.47. The molecule has 0 aliphatic heterocycles. The lowest BCUT2D eigenvalue weighted by Crippen LogP contribution is -2.50. The van der Waals surface area contributed by atoms with E-state index < -0.39 is 5.97 Å². The molecule has 0 unspecified atom stereocenters. The van der Waals surface area contributed by atoms with Crippen LogP contribution in [0.2, 0.25) is 0 Å². The standard InChI is InChI=1S/C25H34O5/c1-15(26)29-14-23(28)22-8-7-20-19-6-5-17-13-18(30-16(2)27)9-11-24(17,3)21(19)10-12-25(20,22)4/h5,8,18-21H,6-7,9-14H2,1-4H3/t18-,19+,20-,21-,24+,25+/m1/s1. The molecular weight excluding hydrogens is 380 g/mol. The molecule has 2 saturated carbocycles. The molecule has 2 fully saturated rings. The highest BCUT2D eigenvalue weighted by Gasteiger charge is 2.57. The van der Waals surface area contributed by atoms with Crippen LogP contribution in [0.1, 0.15) is 72.6 Å². The third-order valence-electron chi connectivity index (χ3n) is 8.68. The molecule has 0 aromatic carbocycles. The average molecular weight is 415 g/mol. The van der Waals surface area contributed by atoms with Crippen molar-refractivity contribution in [2.24, 2.45) is 28.6 Å². The molecule has 0 bridgehead atoms. The number of rotatable bonds is 4. The van der Waals surface area contributed by atoms with Crippen molar-refractivity contribution in [3.8, 4) is 0 Å².